The highest BCUT2D eigenvalue weighted by atomic mass is 16.6. The fourth-order valence-electron chi connectivity index (χ4n) is 1.50. The van der Waals surface area contributed by atoms with Crippen LogP contribution in [0.1, 0.15) is 26.2 Å². The number of carboxylic acids is 2. The van der Waals surface area contributed by atoms with Gasteiger partial charge in [0.05, 0.1) is 12.3 Å². The summed E-state index contributed by atoms with van der Waals surface area (Å²) in [5.74, 6) is -6.54. The first kappa shape index (κ1) is 23.8. The molecule has 0 aliphatic heterocycles. The molecule has 12 nitrogen and oxygen atoms in total. The lowest BCUT2D eigenvalue weighted by Gasteiger charge is -2.14. The van der Waals surface area contributed by atoms with Gasteiger partial charge < -0.3 is 29.2 Å². The number of ether oxygens (including phenoxy) is 4. The second-order valence-electron chi connectivity index (χ2n) is 5.07. The van der Waals surface area contributed by atoms with Crippen LogP contribution < -0.4 is 0 Å². The fraction of sp³-hybridized carbons (Fsp3) is 0.600. The number of carbonyl (C=O) groups excluding carboxylic acids is 4. The van der Waals surface area contributed by atoms with Crippen LogP contribution in [0.4, 0.5) is 0 Å². The molecule has 0 aromatic carbocycles. The van der Waals surface area contributed by atoms with Crippen LogP contribution in [0.5, 0.6) is 0 Å². The lowest BCUT2D eigenvalue weighted by molar-refractivity contribution is -0.161. The monoisotopic (exact) mass is 391 g/mol. The number of hydrogen-bond acceptors (Lipinski definition) is 10. The highest BCUT2D eigenvalue weighted by Crippen LogP contribution is 2.10. The van der Waals surface area contributed by atoms with Crippen LogP contribution in [0, 0.1) is 5.92 Å². The van der Waals surface area contributed by atoms with Crippen LogP contribution in [-0.4, -0.2) is 72.5 Å². The van der Waals surface area contributed by atoms with Gasteiger partial charge in [0, 0.05) is 6.42 Å². The molecular weight excluding hydrogens is 372 g/mol. The molecular formula is C15H19O12. The summed E-state index contributed by atoms with van der Waals surface area (Å²) in [6, 6.07) is 0. The Kier molecular flexibility index (Phi) is 11.5. The smallest absolute Gasteiger partial charge is 0.418 e. The molecule has 0 bridgehead atoms. The molecule has 0 heterocycles. The van der Waals surface area contributed by atoms with Crippen molar-refractivity contribution in [1.82, 2.24) is 0 Å². The van der Waals surface area contributed by atoms with E-state index in [-0.39, 0.29) is 19.4 Å². The summed E-state index contributed by atoms with van der Waals surface area (Å²) >= 11 is 0. The number of hydrogen-bond donors (Lipinski definition) is 2. The molecule has 12 heteroatoms. The Labute approximate surface area is 153 Å². The zero-order valence-electron chi connectivity index (χ0n) is 14.4. The second kappa shape index (κ2) is 13.1. The molecule has 0 aromatic heterocycles. The molecule has 2 atom stereocenters. The van der Waals surface area contributed by atoms with Gasteiger partial charge in [0.25, 0.3) is 0 Å². The van der Waals surface area contributed by atoms with Gasteiger partial charge in [-0.05, 0) is 13.3 Å². The van der Waals surface area contributed by atoms with E-state index in [0.29, 0.717) is 0 Å². The van der Waals surface area contributed by atoms with Gasteiger partial charge in [-0.2, -0.15) is 0 Å². The normalized spacial score (nSPS) is 12.2. The van der Waals surface area contributed by atoms with E-state index in [1.165, 1.54) is 6.92 Å². The number of esters is 3. The van der Waals surface area contributed by atoms with Crippen molar-refractivity contribution in [3.8, 4) is 0 Å². The van der Waals surface area contributed by atoms with Gasteiger partial charge in [0.1, 0.15) is 13.2 Å². The van der Waals surface area contributed by atoms with Crippen molar-refractivity contribution in [2.45, 2.75) is 32.3 Å². The van der Waals surface area contributed by atoms with Crippen molar-refractivity contribution < 1.29 is 57.9 Å². The van der Waals surface area contributed by atoms with Crippen LogP contribution in [0.25, 0.3) is 0 Å². The zero-order chi connectivity index (χ0) is 20.8. The Morgan fingerprint density at radius 2 is 1.63 bits per heavy atom. The maximum Gasteiger partial charge on any atom is 0.418 e. The molecule has 0 saturated carbocycles. The van der Waals surface area contributed by atoms with Crippen LogP contribution in [-0.2, 0) is 47.7 Å². The number of carboxylic acid groups (broad SMARTS) is 2. The topological polar surface area (TPSA) is 180 Å². The minimum absolute atomic E-state index is 0.245. The summed E-state index contributed by atoms with van der Waals surface area (Å²) in [4.78, 5) is 65.4. The summed E-state index contributed by atoms with van der Waals surface area (Å²) in [5.41, 5.74) is 0. The summed E-state index contributed by atoms with van der Waals surface area (Å²) in [5, 5.41) is 17.4. The molecule has 0 aliphatic rings. The van der Waals surface area contributed by atoms with Crippen LogP contribution in [0.3, 0.4) is 0 Å². The summed E-state index contributed by atoms with van der Waals surface area (Å²) in [6.45, 7) is 0.564. The maximum atomic E-state index is 11.5. The van der Waals surface area contributed by atoms with E-state index < -0.39 is 61.5 Å². The maximum absolute atomic E-state index is 11.5. The van der Waals surface area contributed by atoms with E-state index in [1.807, 2.05) is 0 Å². The molecule has 0 fully saturated rings. The second-order valence-corrected chi connectivity index (χ2v) is 5.07. The molecule has 0 spiro atoms. The predicted molar refractivity (Wildman–Crippen MR) is 81.7 cm³/mol. The third-order valence-electron chi connectivity index (χ3n) is 2.96. The van der Waals surface area contributed by atoms with E-state index in [4.69, 9.17) is 10.2 Å². The third kappa shape index (κ3) is 11.9. The Hall–Kier alpha value is -3.18. The van der Waals surface area contributed by atoms with Crippen molar-refractivity contribution >= 4 is 36.3 Å². The summed E-state index contributed by atoms with van der Waals surface area (Å²) < 4.78 is 17.9. The van der Waals surface area contributed by atoms with E-state index in [2.05, 4.69) is 18.9 Å². The molecule has 2 unspecified atom stereocenters. The lowest BCUT2D eigenvalue weighted by atomic mass is 10.0. The van der Waals surface area contributed by atoms with Crippen molar-refractivity contribution in [2.24, 2.45) is 5.92 Å². The third-order valence-corrected chi connectivity index (χ3v) is 2.96. The molecule has 151 valence electrons. The average Bonchev–Trinajstić information content (AvgIpc) is 2.59. The quantitative estimate of drug-likeness (QED) is 0.274. The SMILES string of the molecule is CC(O[C]=O)C(=O)OCC(CCC(=O)OCC(=O)OCCC(=O)O)C(=O)O. The molecule has 0 rings (SSSR count). The number of aliphatic carboxylic acids is 2. The Bertz CT molecular complexity index is 555. The minimum atomic E-state index is -1.33. The molecule has 27 heavy (non-hydrogen) atoms. The Morgan fingerprint density at radius 3 is 2.19 bits per heavy atom. The van der Waals surface area contributed by atoms with E-state index in [1.54, 1.807) is 0 Å². The van der Waals surface area contributed by atoms with Crippen molar-refractivity contribution in [3.63, 3.8) is 0 Å². The fourth-order valence-corrected chi connectivity index (χ4v) is 1.50. The number of rotatable bonds is 14. The zero-order valence-corrected chi connectivity index (χ0v) is 14.4. The van der Waals surface area contributed by atoms with E-state index >= 15 is 0 Å². The van der Waals surface area contributed by atoms with Gasteiger partial charge in [0.2, 0.25) is 0 Å². The molecule has 0 saturated heterocycles. The first-order chi connectivity index (χ1) is 12.7. The Morgan fingerprint density at radius 1 is 0.963 bits per heavy atom. The standard InChI is InChI=1S/C15H19O12/c1-9(27-8-16)15(23)26-6-10(14(21)22)2-3-12(19)25-7-13(20)24-5-4-11(17)18/h9-10H,2-7H2,1H3,(H,17,18)(H,21,22). The van der Waals surface area contributed by atoms with Crippen LogP contribution in [0.2, 0.25) is 0 Å². The van der Waals surface area contributed by atoms with Crippen molar-refractivity contribution in [2.75, 3.05) is 19.8 Å². The van der Waals surface area contributed by atoms with Gasteiger partial charge in [-0.1, -0.05) is 0 Å². The van der Waals surface area contributed by atoms with Gasteiger partial charge >= 0.3 is 36.3 Å². The van der Waals surface area contributed by atoms with Gasteiger partial charge in [0.15, 0.2) is 12.7 Å². The Balaban J connectivity index is 4.18. The van der Waals surface area contributed by atoms with Crippen LogP contribution in [0.15, 0.2) is 0 Å². The first-order valence-electron chi connectivity index (χ1n) is 7.62. The van der Waals surface area contributed by atoms with Gasteiger partial charge in [-0.15, -0.1) is 0 Å². The van der Waals surface area contributed by atoms with Gasteiger partial charge in [-0.25, -0.2) is 14.4 Å². The van der Waals surface area contributed by atoms with Crippen molar-refractivity contribution in [1.29, 1.82) is 0 Å². The molecule has 2 N–H and O–H groups in total. The summed E-state index contributed by atoms with van der Waals surface area (Å²) in [6.07, 6.45) is -2.28. The predicted octanol–water partition coefficient (Wildman–Crippen LogP) is -0.956. The largest absolute Gasteiger partial charge is 0.481 e. The van der Waals surface area contributed by atoms with Crippen LogP contribution >= 0.6 is 0 Å². The molecule has 0 aromatic rings. The summed E-state index contributed by atoms with van der Waals surface area (Å²) in [7, 11) is 0. The average molecular weight is 391 g/mol. The highest BCUT2D eigenvalue weighted by Gasteiger charge is 2.24. The number of carbonyl (C=O) groups is 5. The van der Waals surface area contributed by atoms with Gasteiger partial charge in [-0.3, -0.25) is 14.4 Å². The highest BCUT2D eigenvalue weighted by molar-refractivity contribution is 5.78. The van der Waals surface area contributed by atoms with Crippen molar-refractivity contribution in [3.05, 3.63) is 0 Å². The molecule has 0 aliphatic carbocycles. The molecule has 1 radical (unpaired) electrons. The lowest BCUT2D eigenvalue weighted by Crippen LogP contribution is -2.28. The van der Waals surface area contributed by atoms with E-state index in [0.717, 1.165) is 6.47 Å². The first-order valence-corrected chi connectivity index (χ1v) is 7.62. The minimum Gasteiger partial charge on any atom is -0.481 e. The van der Waals surface area contributed by atoms with E-state index in [9.17, 15) is 28.8 Å². The molecule has 0 amide bonds.